The number of nitrogens with one attached hydrogen (secondary N) is 4. The van der Waals surface area contributed by atoms with Gasteiger partial charge >= 0.3 is 12.2 Å². The molecule has 2 fully saturated rings. The van der Waals surface area contributed by atoms with Crippen LogP contribution in [0.1, 0.15) is 64.3 Å². The van der Waals surface area contributed by atoms with Crippen molar-refractivity contribution in [1.82, 2.24) is 40.4 Å². The maximum atomic E-state index is 13.4. The lowest BCUT2D eigenvalue weighted by Gasteiger charge is -2.42. The van der Waals surface area contributed by atoms with Gasteiger partial charge in [-0.25, -0.2) is 19.6 Å². The van der Waals surface area contributed by atoms with Crippen LogP contribution >= 0.6 is 0 Å². The molecule has 4 heterocycles. The Bertz CT molecular complexity index is 2050. The predicted octanol–water partition coefficient (Wildman–Crippen LogP) is 6.08. The molecule has 0 spiro atoms. The topological polar surface area (TPSA) is 175 Å². The molecule has 2 saturated heterocycles. The van der Waals surface area contributed by atoms with E-state index >= 15 is 0 Å². The third-order valence-electron chi connectivity index (χ3n) is 10.6. The van der Waals surface area contributed by atoms with Crippen molar-refractivity contribution in [2.45, 2.75) is 64.7 Å². The average molecular weight is 735 g/mol. The Morgan fingerprint density at radius 2 is 1.00 bits per heavy atom. The van der Waals surface area contributed by atoms with Crippen LogP contribution in [0.3, 0.4) is 0 Å². The van der Waals surface area contributed by atoms with E-state index in [9.17, 15) is 19.2 Å². The van der Waals surface area contributed by atoms with E-state index in [0.29, 0.717) is 13.1 Å². The quantitative estimate of drug-likeness (QED) is 0.134. The zero-order chi connectivity index (χ0) is 38.3. The van der Waals surface area contributed by atoms with Crippen LogP contribution in [0.15, 0.2) is 60.7 Å². The molecule has 0 saturated carbocycles. The number of carbonyl (C=O) groups excluding carboxylic acids is 4. The van der Waals surface area contributed by atoms with Gasteiger partial charge in [-0.3, -0.25) is 9.59 Å². The lowest BCUT2D eigenvalue weighted by Crippen LogP contribution is -2.56. The first-order valence-electron chi connectivity index (χ1n) is 18.4. The van der Waals surface area contributed by atoms with Gasteiger partial charge in [-0.05, 0) is 71.2 Å². The molecule has 0 aliphatic carbocycles. The Morgan fingerprint density at radius 3 is 1.31 bits per heavy atom. The Balaban J connectivity index is 1.04. The standard InChI is InChI=1S/C40H46N8O6/c1-21(2)33(45-39(51)53-5)37(49)47-17-15-31(47)35-41-27-13-11-25(19-29(27)43-35)23-7-9-24(10-8-23)26-12-14-28-30(20-26)44-36(42-28)32-16-18-48(32)38(50)34(22(3)4)46-40(52)54-6/h7-14,19-22,31-34H,15-18H2,1-6H3,(H,41,43)(H,42,44)(H,45,51)(H,46,52)/t31-,32-,33-,34-/m0/s1. The summed E-state index contributed by atoms with van der Waals surface area (Å²) in [5.74, 6) is 0.942. The monoisotopic (exact) mass is 734 g/mol. The fourth-order valence-corrected chi connectivity index (χ4v) is 7.22. The summed E-state index contributed by atoms with van der Waals surface area (Å²) in [4.78, 5) is 70.6. The molecular weight excluding hydrogens is 688 g/mol. The molecule has 14 heteroatoms. The molecule has 14 nitrogen and oxygen atoms in total. The summed E-state index contributed by atoms with van der Waals surface area (Å²) >= 11 is 0. The van der Waals surface area contributed by atoms with Gasteiger partial charge in [0.1, 0.15) is 23.7 Å². The van der Waals surface area contributed by atoms with Crippen molar-refractivity contribution in [2.24, 2.45) is 11.8 Å². The highest BCUT2D eigenvalue weighted by molar-refractivity contribution is 5.89. The van der Waals surface area contributed by atoms with E-state index < -0.39 is 24.3 Å². The molecular formula is C40H46N8O6. The van der Waals surface area contributed by atoms with Gasteiger partial charge in [0.2, 0.25) is 11.8 Å². The van der Waals surface area contributed by atoms with Crippen molar-refractivity contribution in [1.29, 1.82) is 0 Å². The van der Waals surface area contributed by atoms with Gasteiger partial charge in [0.05, 0.1) is 48.4 Å². The Morgan fingerprint density at radius 1 is 0.630 bits per heavy atom. The molecule has 4 atom stereocenters. The number of imidazole rings is 2. The van der Waals surface area contributed by atoms with Crippen molar-refractivity contribution in [3.05, 3.63) is 72.3 Å². The van der Waals surface area contributed by atoms with E-state index in [2.05, 4.69) is 57.0 Å². The van der Waals surface area contributed by atoms with E-state index in [1.807, 2.05) is 52.0 Å². The van der Waals surface area contributed by atoms with E-state index in [-0.39, 0.29) is 35.7 Å². The molecule has 54 heavy (non-hydrogen) atoms. The van der Waals surface area contributed by atoms with E-state index in [1.54, 1.807) is 9.80 Å². The Kier molecular flexibility index (Phi) is 10.0. The zero-order valence-electron chi connectivity index (χ0n) is 31.3. The molecule has 4 amide bonds. The SMILES string of the molecule is COC(=O)N[C@H](C(=O)N1CC[C@H]1c1nc2ccc(-c3ccc(-c4ccc5nc([C@@H]6CCN6C(=O)[C@@H](NC(=O)OC)C(C)C)[nH]c5c4)cc3)cc2[nH]1)C(C)C. The van der Waals surface area contributed by atoms with Crippen LogP contribution in [0.4, 0.5) is 9.59 Å². The van der Waals surface area contributed by atoms with Crippen LogP contribution in [-0.2, 0) is 19.1 Å². The number of carbonyl (C=O) groups is 4. The number of hydrogen-bond donors (Lipinski definition) is 4. The number of hydrogen-bond acceptors (Lipinski definition) is 8. The summed E-state index contributed by atoms with van der Waals surface area (Å²) in [5, 5.41) is 5.35. The number of alkyl carbamates (subject to hydrolysis) is 2. The first-order chi connectivity index (χ1) is 25.9. The number of aromatic amines is 2. The summed E-state index contributed by atoms with van der Waals surface area (Å²) < 4.78 is 9.47. The van der Waals surface area contributed by atoms with E-state index in [0.717, 1.165) is 68.8 Å². The third-order valence-corrected chi connectivity index (χ3v) is 10.6. The minimum atomic E-state index is -0.685. The Labute approximate surface area is 313 Å². The summed E-state index contributed by atoms with van der Waals surface area (Å²) in [7, 11) is 2.57. The van der Waals surface area contributed by atoms with Crippen LogP contribution < -0.4 is 10.6 Å². The number of methoxy groups -OCH3 is 2. The smallest absolute Gasteiger partial charge is 0.407 e. The molecule has 282 valence electrons. The van der Waals surface area contributed by atoms with Crippen LogP contribution in [0.25, 0.3) is 44.3 Å². The third kappa shape index (κ3) is 6.95. The second-order valence-electron chi connectivity index (χ2n) is 14.7. The fourth-order valence-electron chi connectivity index (χ4n) is 7.22. The number of nitrogens with zero attached hydrogens (tertiary/aromatic N) is 4. The van der Waals surface area contributed by atoms with Crippen LogP contribution in [0.2, 0.25) is 0 Å². The van der Waals surface area contributed by atoms with Crippen LogP contribution in [-0.4, -0.2) is 93.1 Å². The van der Waals surface area contributed by atoms with Crippen molar-refractivity contribution < 1.29 is 28.7 Å². The second-order valence-corrected chi connectivity index (χ2v) is 14.7. The molecule has 0 bridgehead atoms. The van der Waals surface area contributed by atoms with Crippen LogP contribution in [0, 0.1) is 11.8 Å². The summed E-state index contributed by atoms with van der Waals surface area (Å²) in [6, 6.07) is 18.8. The fraction of sp³-hybridized carbons (Fsp3) is 0.400. The average Bonchev–Trinajstić information content (AvgIpc) is 3.74. The highest BCUT2D eigenvalue weighted by Gasteiger charge is 2.41. The number of benzene rings is 3. The summed E-state index contributed by atoms with van der Waals surface area (Å²) in [6.07, 6.45) is 0.304. The molecule has 0 radical (unpaired) electrons. The van der Waals surface area contributed by atoms with Gasteiger partial charge in [-0.1, -0.05) is 64.1 Å². The van der Waals surface area contributed by atoms with Gasteiger partial charge in [-0.15, -0.1) is 0 Å². The number of fused-ring (bicyclic) bond motifs is 2. The van der Waals surface area contributed by atoms with Gasteiger partial charge in [-0.2, -0.15) is 0 Å². The summed E-state index contributed by atoms with van der Waals surface area (Å²) in [5.41, 5.74) is 7.55. The van der Waals surface area contributed by atoms with Crippen molar-refractivity contribution >= 4 is 46.1 Å². The first-order valence-corrected chi connectivity index (χ1v) is 18.4. The molecule has 2 aromatic heterocycles. The minimum absolute atomic E-state index is 0.103. The zero-order valence-corrected chi connectivity index (χ0v) is 31.3. The normalized spacial score (nSPS) is 17.9. The second kappa shape index (κ2) is 14.8. The Hall–Kier alpha value is -5.92. The number of aromatic nitrogens is 4. The van der Waals surface area contributed by atoms with Gasteiger partial charge in [0, 0.05) is 13.1 Å². The van der Waals surface area contributed by atoms with E-state index in [4.69, 9.17) is 19.4 Å². The molecule has 3 aromatic carbocycles. The van der Waals surface area contributed by atoms with Crippen LogP contribution in [0.5, 0.6) is 0 Å². The largest absolute Gasteiger partial charge is 0.453 e. The molecule has 2 aliphatic rings. The van der Waals surface area contributed by atoms with Gasteiger partial charge < -0.3 is 39.9 Å². The minimum Gasteiger partial charge on any atom is -0.453 e. The number of H-pyrrole nitrogens is 2. The van der Waals surface area contributed by atoms with E-state index in [1.165, 1.54) is 14.2 Å². The predicted molar refractivity (Wildman–Crippen MR) is 203 cm³/mol. The van der Waals surface area contributed by atoms with Gasteiger partial charge in [0.15, 0.2) is 0 Å². The molecule has 0 unspecified atom stereocenters. The molecule has 4 N–H and O–H groups in total. The number of ether oxygens (including phenoxy) is 2. The first kappa shape index (κ1) is 36.4. The lowest BCUT2D eigenvalue weighted by molar-refractivity contribution is -0.143. The van der Waals surface area contributed by atoms with Crippen molar-refractivity contribution in [3.8, 4) is 22.3 Å². The highest BCUT2D eigenvalue weighted by Crippen LogP contribution is 2.36. The lowest BCUT2D eigenvalue weighted by atomic mass is 9.96. The molecule has 2 aliphatic heterocycles. The molecule has 7 rings (SSSR count). The highest BCUT2D eigenvalue weighted by atomic mass is 16.5. The maximum absolute atomic E-state index is 13.4. The summed E-state index contributed by atoms with van der Waals surface area (Å²) in [6.45, 7) is 8.76. The number of amides is 4. The number of likely N-dealkylation sites (tertiary alicyclic amines) is 2. The maximum Gasteiger partial charge on any atom is 0.407 e. The number of rotatable bonds is 10. The van der Waals surface area contributed by atoms with Crippen molar-refractivity contribution in [3.63, 3.8) is 0 Å². The van der Waals surface area contributed by atoms with Crippen molar-refractivity contribution in [2.75, 3.05) is 27.3 Å². The van der Waals surface area contributed by atoms with Gasteiger partial charge in [0.25, 0.3) is 0 Å². The molecule has 5 aromatic rings.